The largest absolute Gasteiger partial charge is 0.488 e. The summed E-state index contributed by atoms with van der Waals surface area (Å²) in [7, 11) is 0. The first-order valence-corrected chi connectivity index (χ1v) is 6.46. The molecule has 0 aliphatic rings. The Balaban J connectivity index is 2.81. The van der Waals surface area contributed by atoms with Crippen LogP contribution < -0.4 is 15.8 Å². The Labute approximate surface area is 121 Å². The number of hydrogen-bond donors (Lipinski definition) is 2. The van der Waals surface area contributed by atoms with E-state index in [2.05, 4.69) is 5.32 Å². The van der Waals surface area contributed by atoms with E-state index in [1.165, 1.54) is 13.0 Å². The first kappa shape index (κ1) is 16.8. The van der Waals surface area contributed by atoms with Gasteiger partial charge in [-0.15, -0.1) is 0 Å². The normalized spacial score (nSPS) is 12.0. The smallest absolute Gasteiger partial charge is 0.275 e. The van der Waals surface area contributed by atoms with Gasteiger partial charge in [0.1, 0.15) is 12.6 Å². The molecule has 1 rings (SSSR count). The van der Waals surface area contributed by atoms with Crippen molar-refractivity contribution in [3.05, 3.63) is 33.6 Å². The zero-order valence-corrected chi connectivity index (χ0v) is 11.9. The molecule has 3 N–H and O–H groups in total. The van der Waals surface area contributed by atoms with Crippen LogP contribution in [0.4, 0.5) is 10.1 Å². The molecular formula is C13H18FN3O4. The zero-order chi connectivity index (χ0) is 16.0. The van der Waals surface area contributed by atoms with Crippen LogP contribution >= 0.6 is 0 Å². The Morgan fingerprint density at radius 2 is 2.24 bits per heavy atom. The first-order valence-electron chi connectivity index (χ1n) is 6.46. The molecule has 8 heteroatoms. The van der Waals surface area contributed by atoms with Gasteiger partial charge in [0.25, 0.3) is 5.69 Å². The summed E-state index contributed by atoms with van der Waals surface area (Å²) >= 11 is 0. The third-order valence-electron chi connectivity index (χ3n) is 2.84. The van der Waals surface area contributed by atoms with E-state index in [1.807, 2.05) is 6.92 Å². The van der Waals surface area contributed by atoms with Crippen LogP contribution in [0.25, 0.3) is 0 Å². The van der Waals surface area contributed by atoms with Gasteiger partial charge in [-0.3, -0.25) is 14.9 Å². The second-order valence-corrected chi connectivity index (χ2v) is 4.55. The summed E-state index contributed by atoms with van der Waals surface area (Å²) in [6.07, 6.45) is 0.800. The highest BCUT2D eigenvalue weighted by Gasteiger charge is 2.19. The lowest BCUT2D eigenvalue weighted by molar-refractivity contribution is -0.385. The standard InChI is InChI=1S/C13H18FN3O4/c1-3-4-16-10(13(15)18)7-21-12-5-8(2)11(17(19)20)6-9(12)14/h5-6,10,16H,3-4,7H2,1-2H3,(H2,15,18). The summed E-state index contributed by atoms with van der Waals surface area (Å²) in [6.45, 7) is 3.82. The van der Waals surface area contributed by atoms with E-state index in [-0.39, 0.29) is 23.6 Å². The maximum absolute atomic E-state index is 13.7. The lowest BCUT2D eigenvalue weighted by atomic mass is 10.2. The minimum Gasteiger partial charge on any atom is -0.488 e. The predicted octanol–water partition coefficient (Wildman–Crippen LogP) is 1.27. The first-order chi connectivity index (χ1) is 9.86. The monoisotopic (exact) mass is 299 g/mol. The van der Waals surface area contributed by atoms with Crippen LogP contribution in [0.15, 0.2) is 12.1 Å². The number of ether oxygens (including phenoxy) is 1. The van der Waals surface area contributed by atoms with E-state index in [9.17, 15) is 19.3 Å². The molecule has 0 bridgehead atoms. The topological polar surface area (TPSA) is 107 Å². The van der Waals surface area contributed by atoms with Crippen molar-refractivity contribution >= 4 is 11.6 Å². The van der Waals surface area contributed by atoms with Crippen LogP contribution in [-0.2, 0) is 4.79 Å². The van der Waals surface area contributed by atoms with Crippen molar-refractivity contribution in [1.82, 2.24) is 5.32 Å². The van der Waals surface area contributed by atoms with Crippen LogP contribution in [0.3, 0.4) is 0 Å². The summed E-state index contributed by atoms with van der Waals surface area (Å²) in [5.41, 5.74) is 5.16. The van der Waals surface area contributed by atoms with Gasteiger partial charge < -0.3 is 15.8 Å². The van der Waals surface area contributed by atoms with E-state index in [4.69, 9.17) is 10.5 Å². The number of hydrogen-bond acceptors (Lipinski definition) is 5. The van der Waals surface area contributed by atoms with Gasteiger partial charge in [0.2, 0.25) is 5.91 Å². The number of nitro benzene ring substituents is 1. The van der Waals surface area contributed by atoms with Gasteiger partial charge in [0.05, 0.1) is 11.0 Å². The number of nitrogens with zero attached hydrogens (tertiary/aromatic N) is 1. The Bertz CT molecular complexity index is 536. The number of rotatable bonds is 8. The molecule has 0 aliphatic carbocycles. The fourth-order valence-corrected chi connectivity index (χ4v) is 1.69. The molecule has 0 radical (unpaired) electrons. The maximum atomic E-state index is 13.7. The van der Waals surface area contributed by atoms with Crippen LogP contribution in [-0.4, -0.2) is 30.0 Å². The fourth-order valence-electron chi connectivity index (χ4n) is 1.69. The minimum absolute atomic E-state index is 0.149. The SMILES string of the molecule is CCCNC(COc1cc(C)c([N+](=O)[O-])cc1F)C(N)=O. The van der Waals surface area contributed by atoms with Crippen LogP contribution in [0, 0.1) is 22.9 Å². The van der Waals surface area contributed by atoms with E-state index in [0.717, 1.165) is 12.5 Å². The van der Waals surface area contributed by atoms with Gasteiger partial charge in [-0.05, 0) is 26.0 Å². The van der Waals surface area contributed by atoms with Crippen molar-refractivity contribution in [2.24, 2.45) is 5.73 Å². The Morgan fingerprint density at radius 1 is 1.57 bits per heavy atom. The van der Waals surface area contributed by atoms with Gasteiger partial charge in [0, 0.05) is 5.56 Å². The van der Waals surface area contributed by atoms with Crippen molar-refractivity contribution in [3.63, 3.8) is 0 Å². The van der Waals surface area contributed by atoms with Crippen molar-refractivity contribution in [2.75, 3.05) is 13.2 Å². The Hall–Kier alpha value is -2.22. The lowest BCUT2D eigenvalue weighted by Gasteiger charge is -2.16. The molecule has 0 saturated heterocycles. The molecule has 1 amide bonds. The number of carbonyl (C=O) groups excluding carboxylic acids is 1. The average molecular weight is 299 g/mol. The molecular weight excluding hydrogens is 281 g/mol. The minimum atomic E-state index is -0.856. The molecule has 21 heavy (non-hydrogen) atoms. The quantitative estimate of drug-likeness (QED) is 0.555. The number of benzene rings is 1. The molecule has 0 fully saturated rings. The molecule has 1 atom stereocenters. The summed E-state index contributed by atoms with van der Waals surface area (Å²) in [4.78, 5) is 21.2. The van der Waals surface area contributed by atoms with Gasteiger partial charge in [-0.2, -0.15) is 0 Å². The number of nitrogens with two attached hydrogens (primary N) is 1. The fraction of sp³-hybridized carbons (Fsp3) is 0.462. The van der Waals surface area contributed by atoms with E-state index >= 15 is 0 Å². The summed E-state index contributed by atoms with van der Waals surface area (Å²) in [6, 6.07) is 1.27. The number of nitro groups is 1. The Morgan fingerprint density at radius 3 is 2.76 bits per heavy atom. The van der Waals surface area contributed by atoms with E-state index < -0.39 is 22.7 Å². The second kappa shape index (κ2) is 7.53. The molecule has 0 aromatic heterocycles. The molecule has 1 aromatic carbocycles. The van der Waals surface area contributed by atoms with Crippen molar-refractivity contribution < 1.29 is 18.8 Å². The molecule has 1 unspecified atom stereocenters. The molecule has 0 aliphatic heterocycles. The van der Waals surface area contributed by atoms with Crippen molar-refractivity contribution in [3.8, 4) is 5.75 Å². The number of carbonyl (C=O) groups is 1. The van der Waals surface area contributed by atoms with Gasteiger partial charge in [0.15, 0.2) is 11.6 Å². The lowest BCUT2D eigenvalue weighted by Crippen LogP contribution is -2.45. The number of amides is 1. The van der Waals surface area contributed by atoms with Crippen LogP contribution in [0.2, 0.25) is 0 Å². The molecule has 0 heterocycles. The van der Waals surface area contributed by atoms with Gasteiger partial charge in [-0.25, -0.2) is 4.39 Å². The zero-order valence-electron chi connectivity index (χ0n) is 11.9. The molecule has 0 spiro atoms. The Kier molecular flexibility index (Phi) is 6.04. The highest BCUT2D eigenvalue weighted by molar-refractivity contribution is 5.80. The average Bonchev–Trinajstić information content (AvgIpc) is 2.41. The van der Waals surface area contributed by atoms with Crippen molar-refractivity contribution in [1.29, 1.82) is 0 Å². The highest BCUT2D eigenvalue weighted by atomic mass is 19.1. The number of halogens is 1. The summed E-state index contributed by atoms with van der Waals surface area (Å²) < 4.78 is 18.9. The third kappa shape index (κ3) is 4.67. The third-order valence-corrected chi connectivity index (χ3v) is 2.84. The highest BCUT2D eigenvalue weighted by Crippen LogP contribution is 2.27. The molecule has 0 saturated carbocycles. The predicted molar refractivity (Wildman–Crippen MR) is 74.6 cm³/mol. The molecule has 1 aromatic rings. The summed E-state index contributed by atoms with van der Waals surface area (Å²) in [5.74, 6) is -1.61. The van der Waals surface area contributed by atoms with Gasteiger partial charge in [-0.1, -0.05) is 6.92 Å². The van der Waals surface area contributed by atoms with Crippen LogP contribution in [0.5, 0.6) is 5.75 Å². The molecule has 7 nitrogen and oxygen atoms in total. The van der Waals surface area contributed by atoms with Gasteiger partial charge >= 0.3 is 0 Å². The number of primary amides is 1. The second-order valence-electron chi connectivity index (χ2n) is 4.55. The number of nitrogens with one attached hydrogen (secondary N) is 1. The summed E-state index contributed by atoms with van der Waals surface area (Å²) in [5, 5.41) is 13.6. The van der Waals surface area contributed by atoms with E-state index in [0.29, 0.717) is 6.54 Å². The van der Waals surface area contributed by atoms with Crippen molar-refractivity contribution in [2.45, 2.75) is 26.3 Å². The number of aryl methyl sites for hydroxylation is 1. The maximum Gasteiger partial charge on any atom is 0.275 e. The van der Waals surface area contributed by atoms with Crippen LogP contribution in [0.1, 0.15) is 18.9 Å². The molecule has 116 valence electrons. The van der Waals surface area contributed by atoms with E-state index in [1.54, 1.807) is 0 Å².